The fourth-order valence-corrected chi connectivity index (χ4v) is 3.09. The Balaban J connectivity index is 2.10. The van der Waals surface area contributed by atoms with Gasteiger partial charge in [-0.15, -0.1) is 0 Å². The average molecular weight is 331 g/mol. The van der Waals surface area contributed by atoms with Crippen molar-refractivity contribution in [2.45, 2.75) is 5.41 Å². The SMILES string of the molecule is COC(=O)C(CNc1ccccc1)(c1ccccc1)c1ccccc1. The summed E-state index contributed by atoms with van der Waals surface area (Å²) in [6.07, 6.45) is 0. The molecule has 0 saturated heterocycles. The lowest BCUT2D eigenvalue weighted by Gasteiger charge is -2.32. The summed E-state index contributed by atoms with van der Waals surface area (Å²) in [5.41, 5.74) is 1.84. The molecule has 3 aromatic rings. The van der Waals surface area contributed by atoms with Crippen LogP contribution in [0.4, 0.5) is 5.69 Å². The van der Waals surface area contributed by atoms with Crippen LogP contribution in [0.25, 0.3) is 0 Å². The van der Waals surface area contributed by atoms with Crippen LogP contribution in [-0.4, -0.2) is 19.6 Å². The fraction of sp³-hybridized carbons (Fsp3) is 0.136. The first-order chi connectivity index (χ1) is 12.3. The van der Waals surface area contributed by atoms with E-state index in [0.29, 0.717) is 6.54 Å². The molecule has 0 atom stereocenters. The average Bonchev–Trinajstić information content (AvgIpc) is 2.70. The van der Waals surface area contributed by atoms with Crippen LogP contribution < -0.4 is 5.32 Å². The highest BCUT2D eigenvalue weighted by atomic mass is 16.5. The molecule has 25 heavy (non-hydrogen) atoms. The van der Waals surface area contributed by atoms with E-state index in [1.807, 2.05) is 91.0 Å². The quantitative estimate of drug-likeness (QED) is 0.686. The van der Waals surface area contributed by atoms with Crippen molar-refractivity contribution in [2.75, 3.05) is 19.0 Å². The number of esters is 1. The zero-order valence-corrected chi connectivity index (χ0v) is 14.2. The number of carbonyl (C=O) groups is 1. The monoisotopic (exact) mass is 331 g/mol. The summed E-state index contributed by atoms with van der Waals surface area (Å²) in [6, 6.07) is 29.4. The molecule has 0 saturated carbocycles. The second-order valence-corrected chi connectivity index (χ2v) is 5.85. The molecule has 0 bridgehead atoms. The van der Waals surface area contributed by atoms with Gasteiger partial charge in [-0.2, -0.15) is 0 Å². The topological polar surface area (TPSA) is 38.3 Å². The Morgan fingerprint density at radius 1 is 0.800 bits per heavy atom. The van der Waals surface area contributed by atoms with Gasteiger partial charge in [0.15, 0.2) is 0 Å². The Hall–Kier alpha value is -3.07. The predicted molar refractivity (Wildman–Crippen MR) is 101 cm³/mol. The van der Waals surface area contributed by atoms with Gasteiger partial charge in [0, 0.05) is 12.2 Å². The van der Waals surface area contributed by atoms with E-state index in [0.717, 1.165) is 16.8 Å². The van der Waals surface area contributed by atoms with Crippen molar-refractivity contribution in [1.82, 2.24) is 0 Å². The molecule has 0 amide bonds. The third kappa shape index (κ3) is 3.41. The van der Waals surface area contributed by atoms with Gasteiger partial charge >= 0.3 is 5.97 Å². The van der Waals surface area contributed by atoms with Gasteiger partial charge < -0.3 is 10.1 Å². The molecule has 1 N–H and O–H groups in total. The molecule has 0 heterocycles. The van der Waals surface area contributed by atoms with Crippen molar-refractivity contribution in [1.29, 1.82) is 0 Å². The standard InChI is InChI=1S/C22H21NO2/c1-25-21(24)22(18-11-5-2-6-12-18,19-13-7-3-8-14-19)17-23-20-15-9-4-10-16-20/h2-16,23H,17H2,1H3. The normalized spacial score (nSPS) is 10.9. The lowest BCUT2D eigenvalue weighted by Crippen LogP contribution is -2.44. The van der Waals surface area contributed by atoms with Gasteiger partial charge in [-0.25, -0.2) is 0 Å². The number of methoxy groups -OCH3 is 1. The number of rotatable bonds is 6. The van der Waals surface area contributed by atoms with E-state index in [9.17, 15) is 4.79 Å². The predicted octanol–water partition coefficient (Wildman–Crippen LogP) is 4.26. The van der Waals surface area contributed by atoms with Gasteiger partial charge in [-0.05, 0) is 23.3 Å². The van der Waals surface area contributed by atoms with E-state index in [1.54, 1.807) is 0 Å². The Bertz CT molecular complexity index is 762. The van der Waals surface area contributed by atoms with Crippen molar-refractivity contribution in [3.8, 4) is 0 Å². The maximum atomic E-state index is 13.0. The molecule has 0 aliphatic carbocycles. The van der Waals surface area contributed by atoms with E-state index in [2.05, 4.69) is 5.32 Å². The van der Waals surface area contributed by atoms with Crippen molar-refractivity contribution in [3.63, 3.8) is 0 Å². The molecule has 126 valence electrons. The molecule has 3 heteroatoms. The number of hydrogen-bond acceptors (Lipinski definition) is 3. The second-order valence-electron chi connectivity index (χ2n) is 5.85. The molecule has 0 spiro atoms. The van der Waals surface area contributed by atoms with E-state index in [4.69, 9.17) is 4.74 Å². The van der Waals surface area contributed by atoms with Crippen molar-refractivity contribution < 1.29 is 9.53 Å². The highest BCUT2D eigenvalue weighted by Crippen LogP contribution is 2.34. The molecule has 0 aromatic heterocycles. The molecule has 0 aliphatic heterocycles. The Kier molecular flexibility index (Phi) is 5.14. The highest BCUT2D eigenvalue weighted by molar-refractivity contribution is 5.88. The van der Waals surface area contributed by atoms with Crippen molar-refractivity contribution >= 4 is 11.7 Å². The van der Waals surface area contributed by atoms with E-state index < -0.39 is 5.41 Å². The first-order valence-electron chi connectivity index (χ1n) is 8.26. The number of hydrogen-bond donors (Lipinski definition) is 1. The highest BCUT2D eigenvalue weighted by Gasteiger charge is 2.43. The number of nitrogens with one attached hydrogen (secondary N) is 1. The third-order valence-electron chi connectivity index (χ3n) is 4.40. The Labute approximate surface area is 148 Å². The van der Waals surface area contributed by atoms with E-state index in [-0.39, 0.29) is 5.97 Å². The van der Waals surface area contributed by atoms with Crippen LogP contribution >= 0.6 is 0 Å². The van der Waals surface area contributed by atoms with Crippen LogP contribution in [0.2, 0.25) is 0 Å². The summed E-state index contributed by atoms with van der Waals surface area (Å²) in [5.74, 6) is -0.284. The molecular weight excluding hydrogens is 310 g/mol. The van der Waals surface area contributed by atoms with Crippen LogP contribution in [0.1, 0.15) is 11.1 Å². The summed E-state index contributed by atoms with van der Waals surface area (Å²) in [4.78, 5) is 13.0. The molecular formula is C22H21NO2. The number of ether oxygens (including phenoxy) is 1. The lowest BCUT2D eigenvalue weighted by atomic mass is 9.74. The zero-order valence-electron chi connectivity index (χ0n) is 14.2. The molecule has 0 unspecified atom stereocenters. The summed E-state index contributed by atoms with van der Waals surface area (Å²) in [7, 11) is 1.44. The van der Waals surface area contributed by atoms with Crippen LogP contribution in [0.5, 0.6) is 0 Å². The maximum absolute atomic E-state index is 13.0. The summed E-state index contributed by atoms with van der Waals surface area (Å²) < 4.78 is 5.23. The number of carbonyl (C=O) groups excluding carboxylic acids is 1. The van der Waals surface area contributed by atoms with Gasteiger partial charge in [0.1, 0.15) is 5.41 Å². The van der Waals surface area contributed by atoms with Gasteiger partial charge in [0.2, 0.25) is 0 Å². The Morgan fingerprint density at radius 3 is 1.68 bits per heavy atom. The zero-order chi connectivity index (χ0) is 17.5. The van der Waals surface area contributed by atoms with Crippen LogP contribution in [0.15, 0.2) is 91.0 Å². The molecule has 3 aromatic carbocycles. The van der Waals surface area contributed by atoms with Crippen LogP contribution in [0.3, 0.4) is 0 Å². The van der Waals surface area contributed by atoms with E-state index >= 15 is 0 Å². The molecule has 3 rings (SSSR count). The molecule has 0 fully saturated rings. The lowest BCUT2D eigenvalue weighted by molar-refractivity contribution is -0.145. The fourth-order valence-electron chi connectivity index (χ4n) is 3.09. The Morgan fingerprint density at radius 2 is 1.24 bits per heavy atom. The van der Waals surface area contributed by atoms with Gasteiger partial charge in [-0.1, -0.05) is 78.9 Å². The van der Waals surface area contributed by atoms with E-state index in [1.165, 1.54) is 7.11 Å². The third-order valence-corrected chi connectivity index (χ3v) is 4.40. The minimum atomic E-state index is -0.924. The first-order valence-corrected chi connectivity index (χ1v) is 8.26. The molecule has 3 nitrogen and oxygen atoms in total. The van der Waals surface area contributed by atoms with Gasteiger partial charge in [-0.3, -0.25) is 4.79 Å². The summed E-state index contributed by atoms with van der Waals surface area (Å²) in [5, 5.41) is 3.40. The first kappa shape index (κ1) is 16.8. The van der Waals surface area contributed by atoms with Gasteiger partial charge in [0.05, 0.1) is 7.11 Å². The van der Waals surface area contributed by atoms with Crippen molar-refractivity contribution in [2.24, 2.45) is 0 Å². The maximum Gasteiger partial charge on any atom is 0.322 e. The number of anilines is 1. The minimum absolute atomic E-state index is 0.284. The summed E-state index contributed by atoms with van der Waals surface area (Å²) in [6.45, 7) is 0.401. The second kappa shape index (κ2) is 7.67. The van der Waals surface area contributed by atoms with Crippen LogP contribution in [0, 0.1) is 0 Å². The molecule has 0 radical (unpaired) electrons. The van der Waals surface area contributed by atoms with Gasteiger partial charge in [0.25, 0.3) is 0 Å². The minimum Gasteiger partial charge on any atom is -0.468 e. The van der Waals surface area contributed by atoms with Crippen molar-refractivity contribution in [3.05, 3.63) is 102 Å². The number of benzene rings is 3. The summed E-state index contributed by atoms with van der Waals surface area (Å²) >= 11 is 0. The molecule has 0 aliphatic rings. The smallest absolute Gasteiger partial charge is 0.322 e. The largest absolute Gasteiger partial charge is 0.468 e. The van der Waals surface area contributed by atoms with Crippen LogP contribution in [-0.2, 0) is 14.9 Å². The number of para-hydroxylation sites is 1.